The lowest BCUT2D eigenvalue weighted by atomic mass is 9.96. The second-order valence-corrected chi connectivity index (χ2v) is 3.49. The fourth-order valence-corrected chi connectivity index (χ4v) is 1.41. The molecule has 1 aromatic rings. The Morgan fingerprint density at radius 2 is 2.27 bits per heavy atom. The van der Waals surface area contributed by atoms with Crippen molar-refractivity contribution in [3.05, 3.63) is 29.1 Å². The Hall–Kier alpha value is -1.60. The van der Waals surface area contributed by atoms with E-state index in [-0.39, 0.29) is 11.5 Å². The first kappa shape index (κ1) is 11.5. The molecule has 3 nitrogen and oxygen atoms in total. The van der Waals surface area contributed by atoms with Crippen LogP contribution in [0, 0.1) is 17.1 Å². The highest BCUT2D eigenvalue weighted by Gasteiger charge is 2.13. The molecule has 15 heavy (non-hydrogen) atoms. The van der Waals surface area contributed by atoms with E-state index < -0.39 is 11.6 Å². The Morgan fingerprint density at radius 3 is 2.80 bits per heavy atom. The molecule has 0 aliphatic heterocycles. The number of aromatic hydroxyl groups is 1. The third kappa shape index (κ3) is 2.45. The van der Waals surface area contributed by atoms with E-state index in [9.17, 15) is 9.50 Å². The van der Waals surface area contributed by atoms with Crippen LogP contribution < -0.4 is 5.73 Å². The Balaban J connectivity index is 3.12. The standard InChI is InChI=1S/C11H13FN2O/c1-7(2-3-13)8-4-9(6-14)11(15)10(12)5-8/h4-5,7,15H,2-3,13H2,1H3. The summed E-state index contributed by atoms with van der Waals surface area (Å²) < 4.78 is 13.2. The Kier molecular flexibility index (Phi) is 3.64. The van der Waals surface area contributed by atoms with Crippen LogP contribution in [-0.4, -0.2) is 11.7 Å². The number of nitrogens with zero attached hydrogens (tertiary/aromatic N) is 1. The monoisotopic (exact) mass is 208 g/mol. The highest BCUT2D eigenvalue weighted by Crippen LogP contribution is 2.27. The molecule has 0 spiro atoms. The van der Waals surface area contributed by atoms with Crippen molar-refractivity contribution in [1.29, 1.82) is 5.26 Å². The Morgan fingerprint density at radius 1 is 1.60 bits per heavy atom. The number of nitrogens with two attached hydrogens (primary N) is 1. The average molecular weight is 208 g/mol. The lowest BCUT2D eigenvalue weighted by Gasteiger charge is -2.11. The van der Waals surface area contributed by atoms with Crippen molar-refractivity contribution >= 4 is 0 Å². The van der Waals surface area contributed by atoms with Crippen LogP contribution in [0.15, 0.2) is 12.1 Å². The fraction of sp³-hybridized carbons (Fsp3) is 0.364. The van der Waals surface area contributed by atoms with E-state index in [4.69, 9.17) is 11.0 Å². The number of nitriles is 1. The summed E-state index contributed by atoms with van der Waals surface area (Å²) >= 11 is 0. The van der Waals surface area contributed by atoms with Gasteiger partial charge in [-0.25, -0.2) is 4.39 Å². The highest BCUT2D eigenvalue weighted by molar-refractivity contribution is 5.46. The van der Waals surface area contributed by atoms with Gasteiger partial charge in [-0.15, -0.1) is 0 Å². The lowest BCUT2D eigenvalue weighted by Crippen LogP contribution is -2.05. The molecular formula is C11H13FN2O. The smallest absolute Gasteiger partial charge is 0.169 e. The number of hydrogen-bond donors (Lipinski definition) is 2. The molecule has 3 N–H and O–H groups in total. The van der Waals surface area contributed by atoms with Crippen molar-refractivity contribution in [3.63, 3.8) is 0 Å². The number of halogens is 1. The van der Waals surface area contributed by atoms with Crippen molar-refractivity contribution < 1.29 is 9.50 Å². The van der Waals surface area contributed by atoms with Crippen LogP contribution in [0.4, 0.5) is 4.39 Å². The number of phenolic OH excluding ortho intramolecular Hbond substituents is 1. The molecule has 0 bridgehead atoms. The van der Waals surface area contributed by atoms with Crippen LogP contribution in [0.3, 0.4) is 0 Å². The summed E-state index contributed by atoms with van der Waals surface area (Å²) in [7, 11) is 0. The van der Waals surface area contributed by atoms with Gasteiger partial charge in [0.05, 0.1) is 5.56 Å². The van der Waals surface area contributed by atoms with Crippen molar-refractivity contribution in [2.45, 2.75) is 19.3 Å². The normalized spacial score (nSPS) is 12.1. The SMILES string of the molecule is CC(CCN)c1cc(F)c(O)c(C#N)c1. The van der Waals surface area contributed by atoms with Gasteiger partial charge in [-0.2, -0.15) is 5.26 Å². The summed E-state index contributed by atoms with van der Waals surface area (Å²) in [5.74, 6) is -1.26. The van der Waals surface area contributed by atoms with Crippen molar-refractivity contribution in [1.82, 2.24) is 0 Å². The maximum absolute atomic E-state index is 13.2. The number of benzene rings is 1. The number of hydrogen-bond acceptors (Lipinski definition) is 3. The molecule has 80 valence electrons. The second-order valence-electron chi connectivity index (χ2n) is 3.49. The van der Waals surface area contributed by atoms with Crippen LogP contribution in [0.1, 0.15) is 30.4 Å². The molecule has 4 heteroatoms. The maximum Gasteiger partial charge on any atom is 0.169 e. The van der Waals surface area contributed by atoms with E-state index in [1.165, 1.54) is 12.1 Å². The summed E-state index contributed by atoms with van der Waals surface area (Å²) in [5.41, 5.74) is 6.05. The zero-order chi connectivity index (χ0) is 11.4. The molecular weight excluding hydrogens is 195 g/mol. The van der Waals surface area contributed by atoms with Gasteiger partial charge in [0.25, 0.3) is 0 Å². The lowest BCUT2D eigenvalue weighted by molar-refractivity contribution is 0.429. The van der Waals surface area contributed by atoms with Crippen molar-refractivity contribution in [2.75, 3.05) is 6.54 Å². The number of phenols is 1. The number of rotatable bonds is 3. The third-order valence-corrected chi connectivity index (χ3v) is 2.37. The molecule has 1 rings (SSSR count). The highest BCUT2D eigenvalue weighted by atomic mass is 19.1. The van der Waals surface area contributed by atoms with Crippen LogP contribution in [0.5, 0.6) is 5.75 Å². The molecule has 1 atom stereocenters. The van der Waals surface area contributed by atoms with E-state index in [1.807, 2.05) is 6.92 Å². The summed E-state index contributed by atoms with van der Waals surface area (Å²) in [6.07, 6.45) is 0.717. The fourth-order valence-electron chi connectivity index (χ4n) is 1.41. The molecule has 0 aliphatic carbocycles. The predicted octanol–water partition coefficient (Wildman–Crippen LogP) is 1.86. The molecule has 0 radical (unpaired) electrons. The van der Waals surface area contributed by atoms with Crippen LogP contribution in [-0.2, 0) is 0 Å². The first-order valence-electron chi connectivity index (χ1n) is 4.72. The maximum atomic E-state index is 13.2. The Labute approximate surface area is 87.9 Å². The first-order chi connectivity index (χ1) is 7.10. The van der Waals surface area contributed by atoms with E-state index in [0.29, 0.717) is 12.1 Å². The Bertz CT molecular complexity index is 398. The van der Waals surface area contributed by atoms with E-state index >= 15 is 0 Å². The van der Waals surface area contributed by atoms with Crippen LogP contribution >= 0.6 is 0 Å². The molecule has 0 aromatic heterocycles. The topological polar surface area (TPSA) is 70.0 Å². The molecule has 1 unspecified atom stereocenters. The van der Waals surface area contributed by atoms with E-state index in [0.717, 1.165) is 6.42 Å². The van der Waals surface area contributed by atoms with Gasteiger partial charge >= 0.3 is 0 Å². The van der Waals surface area contributed by atoms with Gasteiger partial charge in [-0.05, 0) is 36.6 Å². The average Bonchev–Trinajstić information content (AvgIpc) is 2.22. The zero-order valence-corrected chi connectivity index (χ0v) is 8.50. The second kappa shape index (κ2) is 4.76. The summed E-state index contributed by atoms with van der Waals surface area (Å²) in [4.78, 5) is 0. The minimum Gasteiger partial charge on any atom is -0.504 e. The molecule has 0 fully saturated rings. The van der Waals surface area contributed by atoms with Crippen LogP contribution in [0.2, 0.25) is 0 Å². The van der Waals surface area contributed by atoms with Gasteiger partial charge in [0.2, 0.25) is 0 Å². The van der Waals surface area contributed by atoms with Gasteiger partial charge in [0.15, 0.2) is 11.6 Å². The first-order valence-corrected chi connectivity index (χ1v) is 4.72. The van der Waals surface area contributed by atoms with Crippen molar-refractivity contribution in [3.8, 4) is 11.8 Å². The van der Waals surface area contributed by atoms with Gasteiger partial charge < -0.3 is 10.8 Å². The van der Waals surface area contributed by atoms with Gasteiger partial charge in [-0.1, -0.05) is 6.92 Å². The molecule has 0 saturated carbocycles. The molecule has 0 heterocycles. The quantitative estimate of drug-likeness (QED) is 0.796. The van der Waals surface area contributed by atoms with Gasteiger partial charge in [0, 0.05) is 0 Å². The van der Waals surface area contributed by atoms with Gasteiger partial charge in [-0.3, -0.25) is 0 Å². The van der Waals surface area contributed by atoms with Crippen LogP contribution in [0.25, 0.3) is 0 Å². The largest absolute Gasteiger partial charge is 0.504 e. The molecule has 0 saturated heterocycles. The van der Waals surface area contributed by atoms with E-state index in [1.54, 1.807) is 6.07 Å². The third-order valence-electron chi connectivity index (χ3n) is 2.37. The zero-order valence-electron chi connectivity index (χ0n) is 8.50. The van der Waals surface area contributed by atoms with Gasteiger partial charge in [0.1, 0.15) is 6.07 Å². The minimum absolute atomic E-state index is 0.0335. The predicted molar refractivity (Wildman–Crippen MR) is 54.9 cm³/mol. The summed E-state index contributed by atoms with van der Waals surface area (Å²) in [6.45, 7) is 2.41. The molecule has 1 aromatic carbocycles. The molecule has 0 amide bonds. The van der Waals surface area contributed by atoms with E-state index in [2.05, 4.69) is 0 Å². The van der Waals surface area contributed by atoms with Crippen molar-refractivity contribution in [2.24, 2.45) is 5.73 Å². The molecule has 0 aliphatic rings. The summed E-state index contributed by atoms with van der Waals surface area (Å²) in [5, 5.41) is 17.9. The summed E-state index contributed by atoms with van der Waals surface area (Å²) in [6, 6.07) is 4.50. The minimum atomic E-state index is -0.757.